The molecule has 0 spiro atoms. The van der Waals surface area contributed by atoms with E-state index in [2.05, 4.69) is 20.0 Å². The summed E-state index contributed by atoms with van der Waals surface area (Å²) in [5, 5.41) is 4.02. The molecule has 1 aliphatic heterocycles. The maximum Gasteiger partial charge on any atom is 0.231 e. The van der Waals surface area contributed by atoms with Crippen LogP contribution in [0.2, 0.25) is 0 Å². The van der Waals surface area contributed by atoms with Crippen molar-refractivity contribution in [1.29, 1.82) is 0 Å². The Hall–Kier alpha value is -2.67. The van der Waals surface area contributed by atoms with Crippen LogP contribution < -0.4 is 0 Å². The highest BCUT2D eigenvalue weighted by atomic mass is 19.2. The van der Waals surface area contributed by atoms with Crippen molar-refractivity contribution in [3.63, 3.8) is 0 Å². The fourth-order valence-electron chi connectivity index (χ4n) is 3.11. The van der Waals surface area contributed by atoms with Crippen LogP contribution in [0.5, 0.6) is 0 Å². The molecule has 1 aromatic carbocycles. The first-order valence-electron chi connectivity index (χ1n) is 8.10. The largest absolute Gasteiger partial charge is 0.339 e. The van der Waals surface area contributed by atoms with E-state index in [0.717, 1.165) is 24.6 Å². The van der Waals surface area contributed by atoms with Gasteiger partial charge in [-0.2, -0.15) is 4.98 Å². The first-order chi connectivity index (χ1) is 12.2. The van der Waals surface area contributed by atoms with Gasteiger partial charge in [0.05, 0.1) is 5.92 Å². The fourth-order valence-corrected chi connectivity index (χ4v) is 3.11. The van der Waals surface area contributed by atoms with Crippen LogP contribution in [0.15, 0.2) is 47.2 Å². The number of pyridine rings is 1. The van der Waals surface area contributed by atoms with Crippen LogP contribution in [0.4, 0.5) is 8.78 Å². The molecule has 1 fully saturated rings. The molecule has 0 N–H and O–H groups in total. The number of aromatic nitrogens is 3. The summed E-state index contributed by atoms with van der Waals surface area (Å²) >= 11 is 0. The van der Waals surface area contributed by atoms with Crippen LogP contribution >= 0.6 is 0 Å². The summed E-state index contributed by atoms with van der Waals surface area (Å²) in [6.45, 7) is 1.81. The Kier molecular flexibility index (Phi) is 4.23. The highest BCUT2D eigenvalue weighted by Crippen LogP contribution is 2.29. The third-order valence-corrected chi connectivity index (χ3v) is 4.43. The van der Waals surface area contributed by atoms with Crippen LogP contribution in [-0.4, -0.2) is 33.1 Å². The van der Waals surface area contributed by atoms with Gasteiger partial charge in [-0.25, -0.2) is 8.78 Å². The Labute approximate surface area is 143 Å². The standard InChI is InChI=1S/C18H16F2N4O/c19-15-3-1-2-13(16(15)20)10-24-9-6-14(11-24)18-22-17(23-25-18)12-4-7-21-8-5-12/h1-5,7-8,14H,6,9-11H2/t14-/m0/s1. The zero-order chi connectivity index (χ0) is 17.2. The predicted molar refractivity (Wildman–Crippen MR) is 86.5 cm³/mol. The number of hydrogen-bond donors (Lipinski definition) is 0. The van der Waals surface area contributed by atoms with Crippen LogP contribution in [0, 0.1) is 11.6 Å². The lowest BCUT2D eigenvalue weighted by Crippen LogP contribution is -2.20. The van der Waals surface area contributed by atoms with Gasteiger partial charge in [0, 0.05) is 36.6 Å². The van der Waals surface area contributed by atoms with Gasteiger partial charge in [-0.1, -0.05) is 17.3 Å². The molecule has 3 heterocycles. The Balaban J connectivity index is 1.44. The van der Waals surface area contributed by atoms with Crippen LogP contribution in [0.3, 0.4) is 0 Å². The molecule has 0 bridgehead atoms. The van der Waals surface area contributed by atoms with E-state index in [0.29, 0.717) is 30.4 Å². The summed E-state index contributed by atoms with van der Waals surface area (Å²) in [6.07, 6.45) is 4.20. The maximum absolute atomic E-state index is 13.8. The van der Waals surface area contributed by atoms with Crippen molar-refractivity contribution in [1.82, 2.24) is 20.0 Å². The Bertz CT molecular complexity index is 869. The Morgan fingerprint density at radius 2 is 2.00 bits per heavy atom. The van der Waals surface area contributed by atoms with Gasteiger partial charge in [-0.15, -0.1) is 0 Å². The molecule has 2 aromatic heterocycles. The lowest BCUT2D eigenvalue weighted by molar-refractivity contribution is 0.303. The van der Waals surface area contributed by atoms with E-state index in [1.54, 1.807) is 18.5 Å². The van der Waals surface area contributed by atoms with Gasteiger partial charge in [0.2, 0.25) is 11.7 Å². The van der Waals surface area contributed by atoms with Gasteiger partial charge < -0.3 is 4.52 Å². The summed E-state index contributed by atoms with van der Waals surface area (Å²) in [5.74, 6) is -0.378. The molecule has 1 aliphatic rings. The second-order valence-corrected chi connectivity index (χ2v) is 6.13. The number of nitrogens with zero attached hydrogens (tertiary/aromatic N) is 4. The quantitative estimate of drug-likeness (QED) is 0.727. The van der Waals surface area contributed by atoms with E-state index in [1.807, 2.05) is 12.1 Å². The third-order valence-electron chi connectivity index (χ3n) is 4.43. The molecule has 25 heavy (non-hydrogen) atoms. The Morgan fingerprint density at radius 1 is 1.16 bits per heavy atom. The molecule has 4 rings (SSSR count). The SMILES string of the molecule is Fc1cccc(CN2CC[C@H](c3nc(-c4ccncc4)no3)C2)c1F. The van der Waals surface area contributed by atoms with Crippen LogP contribution in [0.1, 0.15) is 23.8 Å². The minimum Gasteiger partial charge on any atom is -0.339 e. The van der Waals surface area contributed by atoms with E-state index in [4.69, 9.17) is 4.52 Å². The lowest BCUT2D eigenvalue weighted by Gasteiger charge is -2.15. The highest BCUT2D eigenvalue weighted by molar-refractivity contribution is 5.52. The molecular weight excluding hydrogens is 326 g/mol. The molecule has 0 aliphatic carbocycles. The molecule has 0 radical (unpaired) electrons. The van der Waals surface area contributed by atoms with Gasteiger partial charge >= 0.3 is 0 Å². The van der Waals surface area contributed by atoms with Crippen molar-refractivity contribution < 1.29 is 13.3 Å². The van der Waals surface area contributed by atoms with Gasteiger partial charge in [0.1, 0.15) is 0 Å². The maximum atomic E-state index is 13.8. The van der Waals surface area contributed by atoms with Crippen molar-refractivity contribution >= 4 is 0 Å². The topological polar surface area (TPSA) is 55.1 Å². The molecule has 1 saturated heterocycles. The van der Waals surface area contributed by atoms with Crippen molar-refractivity contribution in [2.24, 2.45) is 0 Å². The monoisotopic (exact) mass is 342 g/mol. The summed E-state index contributed by atoms with van der Waals surface area (Å²) < 4.78 is 32.5. The molecule has 0 saturated carbocycles. The molecule has 0 unspecified atom stereocenters. The normalized spacial score (nSPS) is 17.9. The van der Waals surface area contributed by atoms with E-state index in [1.165, 1.54) is 6.07 Å². The van der Waals surface area contributed by atoms with Crippen molar-refractivity contribution in [3.05, 3.63) is 65.8 Å². The number of hydrogen-bond acceptors (Lipinski definition) is 5. The molecular formula is C18H16F2N4O. The molecule has 0 amide bonds. The average molecular weight is 342 g/mol. The van der Waals surface area contributed by atoms with Gasteiger partial charge in [0.15, 0.2) is 11.6 Å². The van der Waals surface area contributed by atoms with E-state index in [9.17, 15) is 8.78 Å². The summed E-state index contributed by atoms with van der Waals surface area (Å²) in [5.41, 5.74) is 1.21. The van der Waals surface area contributed by atoms with Crippen molar-refractivity contribution in [3.8, 4) is 11.4 Å². The second kappa shape index (κ2) is 6.68. The molecule has 3 aromatic rings. The van der Waals surface area contributed by atoms with Crippen molar-refractivity contribution in [2.45, 2.75) is 18.9 Å². The fraction of sp³-hybridized carbons (Fsp3) is 0.278. The minimum absolute atomic E-state index is 0.0970. The predicted octanol–water partition coefficient (Wildman–Crippen LogP) is 3.40. The van der Waals surface area contributed by atoms with Gasteiger partial charge in [0.25, 0.3) is 0 Å². The summed E-state index contributed by atoms with van der Waals surface area (Å²) in [4.78, 5) is 10.5. The zero-order valence-electron chi connectivity index (χ0n) is 13.4. The van der Waals surface area contributed by atoms with Crippen LogP contribution in [-0.2, 0) is 6.54 Å². The van der Waals surface area contributed by atoms with Crippen LogP contribution in [0.25, 0.3) is 11.4 Å². The average Bonchev–Trinajstić information content (AvgIpc) is 3.29. The van der Waals surface area contributed by atoms with E-state index < -0.39 is 11.6 Å². The summed E-state index contributed by atoms with van der Waals surface area (Å²) in [7, 11) is 0. The van der Waals surface area contributed by atoms with Gasteiger partial charge in [-0.3, -0.25) is 9.88 Å². The van der Waals surface area contributed by atoms with E-state index >= 15 is 0 Å². The Morgan fingerprint density at radius 3 is 2.84 bits per heavy atom. The zero-order valence-corrected chi connectivity index (χ0v) is 13.4. The number of likely N-dealkylation sites (tertiary alicyclic amines) is 1. The molecule has 1 atom stereocenters. The number of benzene rings is 1. The molecule has 128 valence electrons. The smallest absolute Gasteiger partial charge is 0.231 e. The van der Waals surface area contributed by atoms with Crippen molar-refractivity contribution in [2.75, 3.05) is 13.1 Å². The lowest BCUT2D eigenvalue weighted by atomic mass is 10.1. The van der Waals surface area contributed by atoms with E-state index in [-0.39, 0.29) is 5.92 Å². The highest BCUT2D eigenvalue weighted by Gasteiger charge is 2.29. The minimum atomic E-state index is -0.813. The molecule has 5 nitrogen and oxygen atoms in total. The number of halogens is 2. The summed E-state index contributed by atoms with van der Waals surface area (Å²) in [6, 6.07) is 7.91. The second-order valence-electron chi connectivity index (χ2n) is 6.13. The third kappa shape index (κ3) is 3.28. The first-order valence-corrected chi connectivity index (χ1v) is 8.10. The van der Waals surface area contributed by atoms with Gasteiger partial charge in [-0.05, 0) is 31.2 Å². The number of rotatable bonds is 4. The first kappa shape index (κ1) is 15.8. The molecule has 7 heteroatoms.